The average molecular weight is 193 g/mol. The maximum atomic E-state index is 2.42. The summed E-state index contributed by atoms with van der Waals surface area (Å²) in [5.41, 5.74) is 0. The van der Waals surface area contributed by atoms with E-state index in [9.17, 15) is 0 Å². The molecule has 0 aliphatic carbocycles. The highest BCUT2D eigenvalue weighted by atomic mass is 15.1. The fraction of sp³-hybridized carbons (Fsp3) is 0.692. The summed E-state index contributed by atoms with van der Waals surface area (Å²) in [6, 6.07) is 0. The van der Waals surface area contributed by atoms with Gasteiger partial charge < -0.3 is 4.90 Å². The first-order valence-electron chi connectivity index (χ1n) is 6.01. The van der Waals surface area contributed by atoms with Crippen molar-refractivity contribution in [2.45, 2.75) is 45.4 Å². The lowest BCUT2D eigenvalue weighted by molar-refractivity contribution is 0.309. The van der Waals surface area contributed by atoms with Crippen molar-refractivity contribution in [2.24, 2.45) is 0 Å². The summed E-state index contributed by atoms with van der Waals surface area (Å²) < 4.78 is 0. The molecule has 0 spiro atoms. The molecule has 0 unspecified atom stereocenters. The summed E-state index contributed by atoms with van der Waals surface area (Å²) in [4.78, 5) is 2.42. The number of likely N-dealkylation sites (tertiary alicyclic amines) is 1. The Morgan fingerprint density at radius 3 is 2.57 bits per heavy atom. The molecule has 1 saturated heterocycles. The Hall–Kier alpha value is -0.720. The van der Waals surface area contributed by atoms with Crippen LogP contribution < -0.4 is 0 Å². The third-order valence-corrected chi connectivity index (χ3v) is 2.66. The summed E-state index contributed by atoms with van der Waals surface area (Å²) in [6.45, 7) is 4.73. The molecule has 1 heterocycles. The van der Waals surface area contributed by atoms with Gasteiger partial charge in [-0.3, -0.25) is 0 Å². The van der Waals surface area contributed by atoms with Crippen LogP contribution in [0, 0.1) is 0 Å². The Morgan fingerprint density at radius 2 is 1.86 bits per heavy atom. The first-order valence-corrected chi connectivity index (χ1v) is 6.01. The largest absolute Gasteiger partial charge is 0.377 e. The van der Waals surface area contributed by atoms with E-state index in [-0.39, 0.29) is 0 Å². The Labute approximate surface area is 88.5 Å². The molecule has 0 aromatic rings. The van der Waals surface area contributed by atoms with Gasteiger partial charge in [0.15, 0.2) is 0 Å². The first kappa shape index (κ1) is 11.4. The maximum Gasteiger partial charge on any atom is 0.0172 e. The molecule has 0 aromatic carbocycles. The monoisotopic (exact) mass is 193 g/mol. The molecule has 0 atom stereocenters. The standard InChI is InChI=1S/C13H23N/c1-2-3-4-5-6-8-11-14-12-9-7-10-13-14/h5-6,8,11H,2-4,7,9-10,12-13H2,1H3. The summed E-state index contributed by atoms with van der Waals surface area (Å²) in [5.74, 6) is 0. The van der Waals surface area contributed by atoms with Crippen molar-refractivity contribution in [1.82, 2.24) is 4.90 Å². The predicted molar refractivity (Wildman–Crippen MR) is 63.2 cm³/mol. The summed E-state index contributed by atoms with van der Waals surface area (Å²) in [5, 5.41) is 0. The molecule has 0 bridgehead atoms. The molecular weight excluding hydrogens is 170 g/mol. The lowest BCUT2D eigenvalue weighted by Crippen LogP contribution is -2.23. The van der Waals surface area contributed by atoms with Crippen molar-refractivity contribution in [3.05, 3.63) is 24.4 Å². The van der Waals surface area contributed by atoms with E-state index in [2.05, 4.69) is 36.3 Å². The van der Waals surface area contributed by atoms with Gasteiger partial charge in [0, 0.05) is 13.1 Å². The molecule has 0 aromatic heterocycles. The van der Waals surface area contributed by atoms with Gasteiger partial charge in [0.2, 0.25) is 0 Å². The number of allylic oxidation sites excluding steroid dienone is 3. The maximum absolute atomic E-state index is 2.42. The molecular formula is C13H23N. The van der Waals surface area contributed by atoms with Crippen LogP contribution in [0.15, 0.2) is 24.4 Å². The highest BCUT2D eigenvalue weighted by Crippen LogP contribution is 2.08. The minimum absolute atomic E-state index is 1.22. The van der Waals surface area contributed by atoms with E-state index in [4.69, 9.17) is 0 Å². The van der Waals surface area contributed by atoms with Crippen LogP contribution >= 0.6 is 0 Å². The van der Waals surface area contributed by atoms with Crippen LogP contribution in [-0.4, -0.2) is 18.0 Å². The van der Waals surface area contributed by atoms with Gasteiger partial charge in [-0.25, -0.2) is 0 Å². The second kappa shape index (κ2) is 7.66. The summed E-state index contributed by atoms with van der Waals surface area (Å²) in [6.07, 6.45) is 16.8. The molecule has 0 N–H and O–H groups in total. The molecule has 1 rings (SSSR count). The van der Waals surface area contributed by atoms with E-state index in [1.54, 1.807) is 0 Å². The molecule has 1 fully saturated rings. The SMILES string of the molecule is CCCCC=CC=CN1CCCCC1. The highest BCUT2D eigenvalue weighted by molar-refractivity contribution is 5.02. The van der Waals surface area contributed by atoms with E-state index in [1.807, 2.05) is 0 Å². The fourth-order valence-electron chi connectivity index (χ4n) is 1.74. The normalized spacial score (nSPS) is 18.5. The van der Waals surface area contributed by atoms with Crippen LogP contribution in [0.4, 0.5) is 0 Å². The van der Waals surface area contributed by atoms with E-state index in [0.29, 0.717) is 0 Å². The summed E-state index contributed by atoms with van der Waals surface area (Å²) in [7, 11) is 0. The average Bonchev–Trinajstić information content (AvgIpc) is 2.25. The third-order valence-electron chi connectivity index (χ3n) is 2.66. The minimum Gasteiger partial charge on any atom is -0.377 e. The lowest BCUT2D eigenvalue weighted by Gasteiger charge is -2.24. The predicted octanol–water partition coefficient (Wildman–Crippen LogP) is 3.73. The number of nitrogens with zero attached hydrogens (tertiary/aromatic N) is 1. The zero-order valence-electron chi connectivity index (χ0n) is 9.41. The van der Waals surface area contributed by atoms with Gasteiger partial charge in [-0.05, 0) is 38.0 Å². The van der Waals surface area contributed by atoms with Crippen LogP contribution in [0.5, 0.6) is 0 Å². The van der Waals surface area contributed by atoms with Gasteiger partial charge in [0.05, 0.1) is 0 Å². The molecule has 1 nitrogen and oxygen atoms in total. The summed E-state index contributed by atoms with van der Waals surface area (Å²) >= 11 is 0. The molecule has 80 valence electrons. The first-order chi connectivity index (χ1) is 6.93. The lowest BCUT2D eigenvalue weighted by atomic mass is 10.1. The van der Waals surface area contributed by atoms with E-state index >= 15 is 0 Å². The van der Waals surface area contributed by atoms with Crippen molar-refractivity contribution < 1.29 is 0 Å². The van der Waals surface area contributed by atoms with Crippen LogP contribution in [-0.2, 0) is 0 Å². The molecule has 14 heavy (non-hydrogen) atoms. The van der Waals surface area contributed by atoms with Crippen molar-refractivity contribution >= 4 is 0 Å². The number of piperidine rings is 1. The Bertz CT molecular complexity index is 176. The van der Waals surface area contributed by atoms with Crippen LogP contribution in [0.2, 0.25) is 0 Å². The molecule has 0 amide bonds. The van der Waals surface area contributed by atoms with Gasteiger partial charge in [0.25, 0.3) is 0 Å². The van der Waals surface area contributed by atoms with Gasteiger partial charge in [0.1, 0.15) is 0 Å². The zero-order valence-corrected chi connectivity index (χ0v) is 9.41. The molecule has 0 saturated carbocycles. The van der Waals surface area contributed by atoms with Crippen LogP contribution in [0.3, 0.4) is 0 Å². The van der Waals surface area contributed by atoms with E-state index < -0.39 is 0 Å². The van der Waals surface area contributed by atoms with Crippen LogP contribution in [0.25, 0.3) is 0 Å². The molecule has 0 radical (unpaired) electrons. The molecule has 1 aliphatic heterocycles. The number of rotatable bonds is 5. The minimum atomic E-state index is 1.22. The smallest absolute Gasteiger partial charge is 0.0172 e. The number of unbranched alkanes of at least 4 members (excludes halogenated alkanes) is 2. The van der Waals surface area contributed by atoms with Gasteiger partial charge in [-0.15, -0.1) is 0 Å². The van der Waals surface area contributed by atoms with Gasteiger partial charge >= 0.3 is 0 Å². The zero-order chi connectivity index (χ0) is 10.1. The Morgan fingerprint density at radius 1 is 1.07 bits per heavy atom. The van der Waals surface area contributed by atoms with Gasteiger partial charge in [-0.2, -0.15) is 0 Å². The molecule has 1 heteroatoms. The van der Waals surface area contributed by atoms with Crippen molar-refractivity contribution in [2.75, 3.05) is 13.1 Å². The molecule has 1 aliphatic rings. The second-order valence-corrected chi connectivity index (χ2v) is 4.01. The number of hydrogen-bond donors (Lipinski definition) is 0. The number of hydrogen-bond acceptors (Lipinski definition) is 1. The van der Waals surface area contributed by atoms with Crippen molar-refractivity contribution in [1.29, 1.82) is 0 Å². The van der Waals surface area contributed by atoms with Crippen LogP contribution in [0.1, 0.15) is 45.4 Å². The topological polar surface area (TPSA) is 3.24 Å². The van der Waals surface area contributed by atoms with Crippen molar-refractivity contribution in [3.63, 3.8) is 0 Å². The van der Waals surface area contributed by atoms with E-state index in [0.717, 1.165) is 0 Å². The quantitative estimate of drug-likeness (QED) is 0.475. The van der Waals surface area contributed by atoms with Gasteiger partial charge in [-0.1, -0.05) is 31.9 Å². The van der Waals surface area contributed by atoms with Crippen molar-refractivity contribution in [3.8, 4) is 0 Å². The fourth-order valence-corrected chi connectivity index (χ4v) is 1.74. The Kier molecular flexibility index (Phi) is 6.21. The van der Waals surface area contributed by atoms with E-state index in [1.165, 1.54) is 51.6 Å². The highest BCUT2D eigenvalue weighted by Gasteiger charge is 2.03. The Balaban J connectivity index is 2.09. The third kappa shape index (κ3) is 5.11. The second-order valence-electron chi connectivity index (χ2n) is 4.01.